The molecule has 7 nitrogen and oxygen atoms in total. The molecule has 7 heteroatoms. The summed E-state index contributed by atoms with van der Waals surface area (Å²) in [5, 5.41) is 7.60. The van der Waals surface area contributed by atoms with Crippen LogP contribution in [0.15, 0.2) is 53.5 Å². The molecule has 1 amide bonds. The third-order valence-corrected chi connectivity index (χ3v) is 4.27. The number of hydrogen-bond donors (Lipinski definition) is 1. The van der Waals surface area contributed by atoms with E-state index in [9.17, 15) is 9.59 Å². The van der Waals surface area contributed by atoms with Crippen molar-refractivity contribution in [2.75, 3.05) is 14.2 Å². The lowest BCUT2D eigenvalue weighted by molar-refractivity contribution is -0.121. The molecule has 0 bridgehead atoms. The molecule has 0 aliphatic heterocycles. The highest BCUT2D eigenvalue weighted by molar-refractivity contribution is 5.79. The van der Waals surface area contributed by atoms with Crippen LogP contribution < -0.4 is 20.2 Å². The summed E-state index contributed by atoms with van der Waals surface area (Å²) in [5.41, 5.74) is 1.42. The van der Waals surface area contributed by atoms with Crippen LogP contribution in [0.2, 0.25) is 0 Å². The zero-order chi connectivity index (χ0) is 19.2. The first-order valence-electron chi connectivity index (χ1n) is 8.55. The molecular formula is C20H21N3O4. The van der Waals surface area contributed by atoms with Crippen LogP contribution in [0.4, 0.5) is 0 Å². The van der Waals surface area contributed by atoms with Gasteiger partial charge in [0.25, 0.3) is 0 Å². The number of amides is 1. The monoisotopic (exact) mass is 367 g/mol. The number of carbonyl (C=O) groups is 1. The van der Waals surface area contributed by atoms with E-state index in [1.54, 1.807) is 31.0 Å². The van der Waals surface area contributed by atoms with Gasteiger partial charge in [-0.25, -0.2) is 0 Å². The first-order valence-corrected chi connectivity index (χ1v) is 8.55. The standard InChI is InChI=1S/C20H21N3O4/c1-26-18-9-5-6-14(20(18)27-2)12-21-19(25)10-11-23-16-8-4-3-7-15(16)17(24)13-22-23/h3-9,13H,10-12H2,1-2H3,(H,21,25). The van der Waals surface area contributed by atoms with E-state index in [4.69, 9.17) is 9.47 Å². The molecule has 27 heavy (non-hydrogen) atoms. The number of rotatable bonds is 7. The van der Waals surface area contributed by atoms with Crippen molar-refractivity contribution in [2.45, 2.75) is 19.5 Å². The van der Waals surface area contributed by atoms with Gasteiger partial charge in [0.05, 0.1) is 32.5 Å². The van der Waals surface area contributed by atoms with Crippen molar-refractivity contribution in [2.24, 2.45) is 0 Å². The number of nitrogens with zero attached hydrogens (tertiary/aromatic N) is 2. The van der Waals surface area contributed by atoms with E-state index in [0.29, 0.717) is 35.5 Å². The minimum atomic E-state index is -0.128. The Morgan fingerprint density at radius 1 is 1.11 bits per heavy atom. The molecule has 1 aromatic heterocycles. The Morgan fingerprint density at radius 3 is 2.70 bits per heavy atom. The smallest absolute Gasteiger partial charge is 0.222 e. The zero-order valence-electron chi connectivity index (χ0n) is 15.3. The number of hydrogen-bond acceptors (Lipinski definition) is 5. The summed E-state index contributed by atoms with van der Waals surface area (Å²) < 4.78 is 12.3. The normalized spacial score (nSPS) is 10.6. The minimum Gasteiger partial charge on any atom is -0.493 e. The fourth-order valence-corrected chi connectivity index (χ4v) is 2.92. The summed E-state index contributed by atoms with van der Waals surface area (Å²) in [6, 6.07) is 12.8. The summed E-state index contributed by atoms with van der Waals surface area (Å²) in [4.78, 5) is 24.1. The van der Waals surface area contributed by atoms with Crippen LogP contribution in [0, 0.1) is 0 Å². The first kappa shape index (κ1) is 18.4. The summed E-state index contributed by atoms with van der Waals surface area (Å²) in [6.07, 6.45) is 1.52. The van der Waals surface area contributed by atoms with Crippen molar-refractivity contribution in [1.29, 1.82) is 0 Å². The SMILES string of the molecule is COc1cccc(CNC(=O)CCn2ncc(=O)c3ccccc32)c1OC. The van der Waals surface area contributed by atoms with Gasteiger partial charge < -0.3 is 14.8 Å². The van der Waals surface area contributed by atoms with Gasteiger partial charge in [-0.3, -0.25) is 14.3 Å². The molecule has 140 valence electrons. The second kappa shape index (κ2) is 8.35. The topological polar surface area (TPSA) is 82.5 Å². The Bertz CT molecular complexity index is 1010. The highest BCUT2D eigenvalue weighted by Gasteiger charge is 2.11. The number of methoxy groups -OCH3 is 2. The van der Waals surface area contributed by atoms with Crippen LogP contribution in [0.1, 0.15) is 12.0 Å². The van der Waals surface area contributed by atoms with Crippen molar-refractivity contribution in [1.82, 2.24) is 15.1 Å². The van der Waals surface area contributed by atoms with Crippen LogP contribution in [-0.2, 0) is 17.9 Å². The third-order valence-electron chi connectivity index (χ3n) is 4.27. The zero-order valence-corrected chi connectivity index (χ0v) is 15.3. The minimum absolute atomic E-state index is 0.121. The lowest BCUT2D eigenvalue weighted by atomic mass is 10.2. The number of aromatic nitrogens is 2. The Balaban J connectivity index is 1.65. The molecule has 0 saturated heterocycles. The molecule has 0 aliphatic rings. The van der Waals surface area contributed by atoms with Crippen molar-refractivity contribution in [3.63, 3.8) is 0 Å². The molecule has 0 aliphatic carbocycles. The van der Waals surface area contributed by atoms with Gasteiger partial charge in [-0.1, -0.05) is 24.3 Å². The highest BCUT2D eigenvalue weighted by Crippen LogP contribution is 2.30. The Hall–Kier alpha value is -3.35. The van der Waals surface area contributed by atoms with Gasteiger partial charge in [0.15, 0.2) is 11.5 Å². The predicted molar refractivity (Wildman–Crippen MR) is 102 cm³/mol. The molecule has 0 atom stereocenters. The first-order chi connectivity index (χ1) is 13.1. The van der Waals surface area contributed by atoms with Crippen LogP contribution in [-0.4, -0.2) is 29.9 Å². The number of fused-ring (bicyclic) bond motifs is 1. The van der Waals surface area contributed by atoms with Gasteiger partial charge in [0.2, 0.25) is 11.3 Å². The number of aryl methyl sites for hydroxylation is 1. The quantitative estimate of drug-likeness (QED) is 0.692. The molecule has 0 saturated carbocycles. The van der Waals surface area contributed by atoms with Gasteiger partial charge >= 0.3 is 0 Å². The lowest BCUT2D eigenvalue weighted by Crippen LogP contribution is -2.25. The second-order valence-corrected chi connectivity index (χ2v) is 5.93. The van der Waals surface area contributed by atoms with Crippen LogP contribution in [0.25, 0.3) is 10.9 Å². The summed E-state index contributed by atoms with van der Waals surface area (Å²) >= 11 is 0. The molecular weight excluding hydrogens is 346 g/mol. The average Bonchev–Trinajstić information content (AvgIpc) is 2.71. The van der Waals surface area contributed by atoms with Gasteiger partial charge in [-0.2, -0.15) is 5.10 Å². The van der Waals surface area contributed by atoms with Crippen LogP contribution in [0.5, 0.6) is 11.5 Å². The molecule has 0 unspecified atom stereocenters. The highest BCUT2D eigenvalue weighted by atomic mass is 16.5. The number of nitrogens with one attached hydrogen (secondary N) is 1. The van der Waals surface area contributed by atoms with Crippen molar-refractivity contribution < 1.29 is 14.3 Å². The van der Waals surface area contributed by atoms with E-state index in [1.165, 1.54) is 6.20 Å². The molecule has 3 aromatic rings. The van der Waals surface area contributed by atoms with E-state index < -0.39 is 0 Å². The maximum absolute atomic E-state index is 12.3. The largest absolute Gasteiger partial charge is 0.493 e. The van der Waals surface area contributed by atoms with E-state index >= 15 is 0 Å². The molecule has 0 spiro atoms. The van der Waals surface area contributed by atoms with Crippen molar-refractivity contribution in [3.8, 4) is 11.5 Å². The number of ether oxygens (including phenoxy) is 2. The van der Waals surface area contributed by atoms with E-state index in [-0.39, 0.29) is 17.8 Å². The van der Waals surface area contributed by atoms with Gasteiger partial charge in [-0.15, -0.1) is 0 Å². The van der Waals surface area contributed by atoms with E-state index in [1.807, 2.05) is 30.3 Å². The van der Waals surface area contributed by atoms with Gasteiger partial charge in [0, 0.05) is 23.9 Å². The molecule has 3 rings (SSSR count). The Morgan fingerprint density at radius 2 is 1.93 bits per heavy atom. The number of para-hydroxylation sites is 2. The maximum Gasteiger partial charge on any atom is 0.222 e. The molecule has 1 N–H and O–H groups in total. The number of benzene rings is 2. The predicted octanol–water partition coefficient (Wildman–Crippen LogP) is 2.12. The van der Waals surface area contributed by atoms with E-state index in [0.717, 1.165) is 5.56 Å². The third kappa shape index (κ3) is 4.08. The van der Waals surface area contributed by atoms with Crippen LogP contribution >= 0.6 is 0 Å². The maximum atomic E-state index is 12.3. The van der Waals surface area contributed by atoms with Gasteiger partial charge in [0.1, 0.15) is 0 Å². The summed E-state index contributed by atoms with van der Waals surface area (Å²) in [5.74, 6) is 1.10. The van der Waals surface area contributed by atoms with E-state index in [2.05, 4.69) is 10.4 Å². The summed E-state index contributed by atoms with van der Waals surface area (Å²) in [6.45, 7) is 0.708. The second-order valence-electron chi connectivity index (χ2n) is 5.93. The molecule has 2 aromatic carbocycles. The number of carbonyl (C=O) groups excluding carboxylic acids is 1. The van der Waals surface area contributed by atoms with Crippen molar-refractivity contribution >= 4 is 16.8 Å². The molecule has 1 heterocycles. The molecule has 0 fully saturated rings. The Labute approximate surface area is 156 Å². The lowest BCUT2D eigenvalue weighted by Gasteiger charge is -2.13. The summed E-state index contributed by atoms with van der Waals surface area (Å²) in [7, 11) is 3.14. The van der Waals surface area contributed by atoms with Crippen molar-refractivity contribution in [3.05, 3.63) is 64.4 Å². The Kier molecular flexibility index (Phi) is 5.71. The fourth-order valence-electron chi connectivity index (χ4n) is 2.92. The average molecular weight is 367 g/mol. The molecule has 0 radical (unpaired) electrons. The van der Waals surface area contributed by atoms with Gasteiger partial charge in [-0.05, 0) is 18.2 Å². The van der Waals surface area contributed by atoms with Crippen LogP contribution in [0.3, 0.4) is 0 Å². The fraction of sp³-hybridized carbons (Fsp3) is 0.250.